The van der Waals surface area contributed by atoms with Crippen LogP contribution in [0.2, 0.25) is 0 Å². The molecule has 3 aromatic rings. The Balaban J connectivity index is 1.77. The van der Waals surface area contributed by atoms with Crippen LogP contribution in [-0.2, 0) is 27.2 Å². The van der Waals surface area contributed by atoms with Gasteiger partial charge in [-0.05, 0) is 45.5 Å². The highest BCUT2D eigenvalue weighted by molar-refractivity contribution is 6.11. The van der Waals surface area contributed by atoms with E-state index in [1.165, 1.54) is 7.11 Å². The monoisotopic (exact) mass is 493 g/mol. The van der Waals surface area contributed by atoms with E-state index in [0.717, 1.165) is 17.8 Å². The summed E-state index contributed by atoms with van der Waals surface area (Å²) in [6, 6.07) is 12.2. The number of hydrogen-bond donors (Lipinski definition) is 2. The first-order valence-corrected chi connectivity index (χ1v) is 12.3. The van der Waals surface area contributed by atoms with Gasteiger partial charge in [0.25, 0.3) is 0 Å². The molecule has 0 bridgehead atoms. The van der Waals surface area contributed by atoms with Crippen LogP contribution in [0, 0.1) is 5.92 Å². The topological polar surface area (TPSA) is 97.7 Å². The number of nitrogens with zero attached hydrogens (tertiary/aromatic N) is 3. The maximum atomic E-state index is 13.1. The van der Waals surface area contributed by atoms with E-state index in [0.29, 0.717) is 55.0 Å². The third-order valence-corrected chi connectivity index (χ3v) is 6.34. The Morgan fingerprint density at radius 1 is 1.28 bits per heavy atom. The summed E-state index contributed by atoms with van der Waals surface area (Å²) in [6.45, 7) is 4.37. The predicted octanol–water partition coefficient (Wildman–Crippen LogP) is 3.40. The smallest absolute Gasteiger partial charge is 0.356 e. The molecule has 9 heteroatoms. The Kier molecular flexibility index (Phi) is 8.22. The molecule has 1 aliphatic heterocycles. The summed E-state index contributed by atoms with van der Waals surface area (Å²) >= 11 is 0. The van der Waals surface area contributed by atoms with Gasteiger partial charge >= 0.3 is 5.97 Å². The number of nitrogens with one attached hydrogen (secondary N) is 2. The number of esters is 1. The average molecular weight is 494 g/mol. The highest BCUT2D eigenvalue weighted by atomic mass is 16.5. The number of carbonyl (C=O) groups excluding carboxylic acids is 2. The van der Waals surface area contributed by atoms with Crippen LogP contribution < -0.4 is 10.6 Å². The summed E-state index contributed by atoms with van der Waals surface area (Å²) in [6.07, 6.45) is 3.12. The lowest BCUT2D eigenvalue weighted by atomic mass is 10.1. The van der Waals surface area contributed by atoms with Crippen molar-refractivity contribution in [3.8, 4) is 0 Å². The number of pyridine rings is 1. The van der Waals surface area contributed by atoms with Crippen LogP contribution in [0.3, 0.4) is 0 Å². The van der Waals surface area contributed by atoms with Crippen LogP contribution in [0.5, 0.6) is 0 Å². The molecule has 192 valence electrons. The van der Waals surface area contributed by atoms with Gasteiger partial charge in [0.15, 0.2) is 5.69 Å². The fraction of sp³-hybridized carbons (Fsp3) is 0.444. The quantitative estimate of drug-likeness (QED) is 0.418. The van der Waals surface area contributed by atoms with Crippen molar-refractivity contribution in [2.45, 2.75) is 32.4 Å². The van der Waals surface area contributed by atoms with Crippen molar-refractivity contribution < 1.29 is 19.1 Å². The molecule has 2 N–H and O–H groups in total. The normalized spacial score (nSPS) is 16.3. The number of aryl methyl sites for hydroxylation is 2. The highest BCUT2D eigenvalue weighted by Crippen LogP contribution is 2.34. The zero-order valence-electron chi connectivity index (χ0n) is 21.4. The Morgan fingerprint density at radius 2 is 2.06 bits per heavy atom. The van der Waals surface area contributed by atoms with Crippen LogP contribution in [0.1, 0.15) is 29.4 Å². The summed E-state index contributed by atoms with van der Waals surface area (Å²) in [7, 11) is 5.40. The maximum absolute atomic E-state index is 13.1. The molecule has 0 unspecified atom stereocenters. The molecule has 9 nitrogen and oxygen atoms in total. The lowest BCUT2D eigenvalue weighted by Gasteiger charge is -2.19. The highest BCUT2D eigenvalue weighted by Gasteiger charge is 2.30. The second kappa shape index (κ2) is 11.5. The van der Waals surface area contributed by atoms with Gasteiger partial charge in [-0.1, -0.05) is 30.3 Å². The molecule has 1 fully saturated rings. The maximum Gasteiger partial charge on any atom is 0.356 e. The largest absolute Gasteiger partial charge is 0.464 e. The van der Waals surface area contributed by atoms with Crippen molar-refractivity contribution in [1.82, 2.24) is 14.5 Å². The molecule has 0 radical (unpaired) electrons. The van der Waals surface area contributed by atoms with Crippen molar-refractivity contribution in [1.29, 1.82) is 0 Å². The number of amides is 1. The van der Waals surface area contributed by atoms with E-state index in [1.54, 1.807) is 6.20 Å². The fourth-order valence-corrected chi connectivity index (χ4v) is 4.69. The van der Waals surface area contributed by atoms with Crippen LogP contribution in [0.25, 0.3) is 11.0 Å². The number of benzene rings is 1. The molecule has 1 aromatic carbocycles. The number of methoxy groups -OCH3 is 1. The van der Waals surface area contributed by atoms with Crippen molar-refractivity contribution in [2.24, 2.45) is 5.92 Å². The minimum atomic E-state index is -0.519. The van der Waals surface area contributed by atoms with Gasteiger partial charge in [0, 0.05) is 31.1 Å². The molecule has 3 heterocycles. The van der Waals surface area contributed by atoms with E-state index in [-0.39, 0.29) is 17.9 Å². The third kappa shape index (κ3) is 5.85. The molecule has 0 aliphatic carbocycles. The number of fused-ring (bicyclic) bond motifs is 1. The van der Waals surface area contributed by atoms with E-state index in [1.807, 2.05) is 55.1 Å². The molecule has 2 aromatic heterocycles. The van der Waals surface area contributed by atoms with Crippen molar-refractivity contribution in [3.63, 3.8) is 0 Å². The zero-order valence-corrected chi connectivity index (χ0v) is 21.4. The first-order chi connectivity index (χ1) is 17.4. The van der Waals surface area contributed by atoms with Crippen LogP contribution in [-0.4, -0.2) is 73.3 Å². The van der Waals surface area contributed by atoms with Crippen LogP contribution in [0.4, 0.5) is 11.4 Å². The second-order valence-corrected chi connectivity index (χ2v) is 9.55. The first kappa shape index (κ1) is 25.7. The molecule has 1 amide bonds. The van der Waals surface area contributed by atoms with Crippen molar-refractivity contribution >= 4 is 34.3 Å². The lowest BCUT2D eigenvalue weighted by Crippen LogP contribution is -2.29. The third-order valence-electron chi connectivity index (χ3n) is 6.34. The van der Waals surface area contributed by atoms with Gasteiger partial charge in [-0.15, -0.1) is 0 Å². The molecular weight excluding hydrogens is 458 g/mol. The van der Waals surface area contributed by atoms with Gasteiger partial charge in [0.1, 0.15) is 5.65 Å². The summed E-state index contributed by atoms with van der Waals surface area (Å²) in [5.74, 6) is -0.943. The Hall–Kier alpha value is -3.43. The van der Waals surface area contributed by atoms with E-state index < -0.39 is 5.97 Å². The Labute approximate surface area is 211 Å². The number of hydrogen-bond acceptors (Lipinski definition) is 7. The van der Waals surface area contributed by atoms with Crippen LogP contribution in [0.15, 0.2) is 42.6 Å². The Morgan fingerprint density at radius 3 is 2.72 bits per heavy atom. The number of anilines is 2. The minimum Gasteiger partial charge on any atom is -0.464 e. The first-order valence-electron chi connectivity index (χ1n) is 12.3. The molecule has 0 spiro atoms. The zero-order chi connectivity index (χ0) is 25.7. The molecule has 1 aliphatic rings. The molecule has 2 atom stereocenters. The molecular formula is C27H35N5O4. The predicted molar refractivity (Wildman–Crippen MR) is 140 cm³/mol. The van der Waals surface area contributed by atoms with E-state index in [2.05, 4.69) is 22.5 Å². The van der Waals surface area contributed by atoms with Gasteiger partial charge in [-0.25, -0.2) is 9.78 Å². The van der Waals surface area contributed by atoms with E-state index in [4.69, 9.17) is 14.5 Å². The number of rotatable bonds is 10. The summed E-state index contributed by atoms with van der Waals surface area (Å²) in [5.41, 5.74) is 3.29. The van der Waals surface area contributed by atoms with Crippen molar-refractivity contribution in [3.05, 3.63) is 53.9 Å². The number of aromatic nitrogens is 2. The van der Waals surface area contributed by atoms with Gasteiger partial charge in [0.05, 0.1) is 37.2 Å². The number of ether oxygens (including phenoxy) is 2. The fourth-order valence-electron chi connectivity index (χ4n) is 4.69. The van der Waals surface area contributed by atoms with Gasteiger partial charge in [0.2, 0.25) is 5.91 Å². The molecule has 0 saturated carbocycles. The minimum absolute atomic E-state index is 0.167. The number of likely N-dealkylation sites (N-methyl/N-ethyl adjacent to an activating group) is 1. The molecule has 1 saturated heterocycles. The second-order valence-electron chi connectivity index (χ2n) is 9.55. The standard InChI is InChI=1S/C27H35N5O4/c1-18(16-31(2)3)29-21-14-22-23(30-26(33)20-11-13-36-17-20)24(27(34)35-4)32(25(22)28-15-21)12-10-19-8-6-5-7-9-19/h5-9,14-15,18,20,29H,10-13,16-17H2,1-4H3,(H,30,33)/t18-,20-/m1/s1. The Bertz CT molecular complexity index is 1200. The number of carbonyl (C=O) groups is 2. The van der Waals surface area contributed by atoms with E-state index in [9.17, 15) is 9.59 Å². The SMILES string of the molecule is COC(=O)c1c(NC(=O)[C@@H]2CCOC2)c2cc(N[C@H](C)CN(C)C)cnc2n1CCc1ccccc1. The van der Waals surface area contributed by atoms with E-state index >= 15 is 0 Å². The summed E-state index contributed by atoms with van der Waals surface area (Å²) < 4.78 is 12.4. The lowest BCUT2D eigenvalue weighted by molar-refractivity contribution is -0.119. The van der Waals surface area contributed by atoms with Crippen molar-refractivity contribution in [2.75, 3.05) is 51.6 Å². The van der Waals surface area contributed by atoms with Gasteiger partial charge in [-0.3, -0.25) is 4.79 Å². The van der Waals surface area contributed by atoms with Gasteiger partial charge < -0.3 is 29.6 Å². The molecule has 4 rings (SSSR count). The molecule has 36 heavy (non-hydrogen) atoms. The summed E-state index contributed by atoms with van der Waals surface area (Å²) in [5, 5.41) is 7.19. The van der Waals surface area contributed by atoms with Crippen LogP contribution >= 0.6 is 0 Å². The van der Waals surface area contributed by atoms with Gasteiger partial charge in [-0.2, -0.15) is 0 Å². The average Bonchev–Trinajstić information content (AvgIpc) is 3.49. The summed E-state index contributed by atoms with van der Waals surface area (Å²) in [4.78, 5) is 33.0.